The molecule has 0 saturated heterocycles. The lowest BCUT2D eigenvalue weighted by atomic mass is 9.67. The van der Waals surface area contributed by atoms with Gasteiger partial charge >= 0.3 is 0 Å². The number of hydrogen-bond donors (Lipinski definition) is 1. The van der Waals surface area contributed by atoms with Crippen LogP contribution in [0.2, 0.25) is 0 Å². The molecule has 1 nitrogen and oxygen atoms in total. The lowest BCUT2D eigenvalue weighted by Gasteiger charge is -2.40. The van der Waals surface area contributed by atoms with Gasteiger partial charge < -0.3 is 5.32 Å². The largest absolute Gasteiger partial charge is 0.319 e. The Kier molecular flexibility index (Phi) is 6.19. The van der Waals surface area contributed by atoms with Gasteiger partial charge in [0.25, 0.3) is 0 Å². The van der Waals surface area contributed by atoms with Crippen LogP contribution in [0.25, 0.3) is 0 Å². The second-order valence-electron chi connectivity index (χ2n) is 7.63. The predicted octanol–water partition coefficient (Wildman–Crippen LogP) is 4.86. The zero-order valence-electron chi connectivity index (χ0n) is 13.5. The van der Waals surface area contributed by atoms with E-state index < -0.39 is 0 Å². The highest BCUT2D eigenvalue weighted by Gasteiger charge is 2.32. The Bertz CT molecular complexity index is 242. The summed E-state index contributed by atoms with van der Waals surface area (Å²) in [7, 11) is 2.13. The molecular weight excluding hydrogens is 230 g/mol. The molecule has 2 saturated carbocycles. The number of rotatable bonds is 5. The van der Waals surface area contributed by atoms with Crippen molar-refractivity contribution in [2.75, 3.05) is 13.6 Å². The molecule has 1 heteroatoms. The fourth-order valence-corrected chi connectivity index (χ4v) is 4.64. The SMILES string of the molecule is CNCC1CCC(C(C)C)CC1CC1CCCCC1. The van der Waals surface area contributed by atoms with Gasteiger partial charge in [-0.25, -0.2) is 0 Å². The van der Waals surface area contributed by atoms with E-state index in [2.05, 4.69) is 26.2 Å². The average molecular weight is 265 g/mol. The van der Waals surface area contributed by atoms with Crippen molar-refractivity contribution in [3.05, 3.63) is 0 Å². The van der Waals surface area contributed by atoms with E-state index in [9.17, 15) is 0 Å². The minimum atomic E-state index is 0.893. The van der Waals surface area contributed by atoms with Crippen LogP contribution in [0.15, 0.2) is 0 Å². The lowest BCUT2D eigenvalue weighted by molar-refractivity contribution is 0.116. The van der Waals surface area contributed by atoms with Crippen LogP contribution < -0.4 is 5.32 Å². The molecule has 0 aromatic heterocycles. The smallest absolute Gasteiger partial charge is 0.00209 e. The third-order valence-electron chi connectivity index (χ3n) is 5.95. The minimum Gasteiger partial charge on any atom is -0.319 e. The van der Waals surface area contributed by atoms with E-state index in [-0.39, 0.29) is 0 Å². The first kappa shape index (κ1) is 15.4. The van der Waals surface area contributed by atoms with Gasteiger partial charge in [-0.05, 0) is 68.9 Å². The molecule has 112 valence electrons. The summed E-state index contributed by atoms with van der Waals surface area (Å²) in [5, 5.41) is 3.45. The van der Waals surface area contributed by atoms with Crippen LogP contribution >= 0.6 is 0 Å². The van der Waals surface area contributed by atoms with E-state index in [1.54, 1.807) is 0 Å². The van der Waals surface area contributed by atoms with Crippen molar-refractivity contribution < 1.29 is 0 Å². The minimum absolute atomic E-state index is 0.893. The highest BCUT2D eigenvalue weighted by atomic mass is 14.8. The molecule has 2 aliphatic carbocycles. The summed E-state index contributed by atoms with van der Waals surface area (Å²) in [6.45, 7) is 6.11. The van der Waals surface area contributed by atoms with E-state index in [1.807, 2.05) is 0 Å². The molecule has 3 atom stereocenters. The van der Waals surface area contributed by atoms with E-state index in [0.717, 1.165) is 29.6 Å². The summed E-state index contributed by atoms with van der Waals surface area (Å²) < 4.78 is 0. The van der Waals surface area contributed by atoms with Crippen LogP contribution in [0, 0.1) is 29.6 Å². The van der Waals surface area contributed by atoms with Crippen molar-refractivity contribution in [3.8, 4) is 0 Å². The molecule has 2 aliphatic rings. The van der Waals surface area contributed by atoms with Gasteiger partial charge in [-0.3, -0.25) is 0 Å². The zero-order valence-corrected chi connectivity index (χ0v) is 13.5. The van der Waals surface area contributed by atoms with Gasteiger partial charge in [0.05, 0.1) is 0 Å². The third kappa shape index (κ3) is 4.48. The molecule has 1 N–H and O–H groups in total. The lowest BCUT2D eigenvalue weighted by Crippen LogP contribution is -2.34. The zero-order chi connectivity index (χ0) is 13.7. The Hall–Kier alpha value is -0.0400. The summed E-state index contributed by atoms with van der Waals surface area (Å²) in [5.41, 5.74) is 0. The van der Waals surface area contributed by atoms with Gasteiger partial charge in [0.2, 0.25) is 0 Å². The molecule has 0 aliphatic heterocycles. The molecule has 0 aromatic carbocycles. The van der Waals surface area contributed by atoms with Crippen molar-refractivity contribution in [1.82, 2.24) is 5.32 Å². The van der Waals surface area contributed by atoms with Crippen LogP contribution in [0.1, 0.15) is 71.6 Å². The maximum atomic E-state index is 3.45. The third-order valence-corrected chi connectivity index (χ3v) is 5.95. The Morgan fingerprint density at radius 1 is 0.947 bits per heavy atom. The fraction of sp³-hybridized carbons (Fsp3) is 1.00. The monoisotopic (exact) mass is 265 g/mol. The average Bonchev–Trinajstić information content (AvgIpc) is 2.42. The van der Waals surface area contributed by atoms with Crippen LogP contribution in [0.5, 0.6) is 0 Å². The van der Waals surface area contributed by atoms with Crippen molar-refractivity contribution in [1.29, 1.82) is 0 Å². The van der Waals surface area contributed by atoms with E-state index in [0.29, 0.717) is 0 Å². The quantitative estimate of drug-likeness (QED) is 0.748. The second kappa shape index (κ2) is 7.67. The summed E-state index contributed by atoms with van der Waals surface area (Å²) in [5.74, 6) is 4.92. The molecule has 0 radical (unpaired) electrons. The van der Waals surface area contributed by atoms with Crippen molar-refractivity contribution in [2.24, 2.45) is 29.6 Å². The van der Waals surface area contributed by atoms with Crippen LogP contribution in [0.4, 0.5) is 0 Å². The topological polar surface area (TPSA) is 12.0 Å². The maximum absolute atomic E-state index is 3.45. The summed E-state index contributed by atoms with van der Waals surface area (Å²) in [6, 6.07) is 0. The Morgan fingerprint density at radius 3 is 2.32 bits per heavy atom. The summed E-state index contributed by atoms with van der Waals surface area (Å²) in [6.07, 6.45) is 13.5. The first-order chi connectivity index (χ1) is 9.20. The first-order valence-electron chi connectivity index (χ1n) is 8.85. The molecule has 0 bridgehead atoms. The van der Waals surface area contributed by atoms with Crippen molar-refractivity contribution in [2.45, 2.75) is 71.6 Å². The summed E-state index contributed by atoms with van der Waals surface area (Å²) in [4.78, 5) is 0. The van der Waals surface area contributed by atoms with Crippen LogP contribution in [-0.4, -0.2) is 13.6 Å². The molecule has 0 amide bonds. The van der Waals surface area contributed by atoms with E-state index in [4.69, 9.17) is 0 Å². The Balaban J connectivity index is 1.90. The molecule has 19 heavy (non-hydrogen) atoms. The van der Waals surface area contributed by atoms with Gasteiger partial charge in [0.15, 0.2) is 0 Å². The fourth-order valence-electron chi connectivity index (χ4n) is 4.64. The standard InChI is InChI=1S/C18H35N/c1-14(2)16-9-10-17(13-19-3)18(12-16)11-15-7-5-4-6-8-15/h14-19H,4-13H2,1-3H3. The van der Waals surface area contributed by atoms with Crippen molar-refractivity contribution in [3.63, 3.8) is 0 Å². The molecule has 0 heterocycles. The Labute approximate surface area is 120 Å². The first-order valence-corrected chi connectivity index (χ1v) is 8.85. The predicted molar refractivity (Wildman–Crippen MR) is 84.3 cm³/mol. The van der Waals surface area contributed by atoms with E-state index in [1.165, 1.54) is 64.3 Å². The van der Waals surface area contributed by atoms with Gasteiger partial charge in [-0.2, -0.15) is 0 Å². The number of nitrogens with one attached hydrogen (secondary N) is 1. The molecule has 2 fully saturated rings. The van der Waals surface area contributed by atoms with Crippen LogP contribution in [0.3, 0.4) is 0 Å². The van der Waals surface area contributed by atoms with E-state index >= 15 is 0 Å². The molecule has 0 aromatic rings. The highest BCUT2D eigenvalue weighted by molar-refractivity contribution is 4.84. The maximum Gasteiger partial charge on any atom is -0.00209 e. The molecule has 0 spiro atoms. The van der Waals surface area contributed by atoms with Gasteiger partial charge in [0, 0.05) is 0 Å². The summed E-state index contributed by atoms with van der Waals surface area (Å²) >= 11 is 0. The molecule has 3 unspecified atom stereocenters. The van der Waals surface area contributed by atoms with Gasteiger partial charge in [-0.15, -0.1) is 0 Å². The highest BCUT2D eigenvalue weighted by Crippen LogP contribution is 2.42. The number of hydrogen-bond acceptors (Lipinski definition) is 1. The van der Waals surface area contributed by atoms with Crippen LogP contribution in [-0.2, 0) is 0 Å². The Morgan fingerprint density at radius 2 is 1.68 bits per heavy atom. The van der Waals surface area contributed by atoms with Crippen molar-refractivity contribution >= 4 is 0 Å². The molecule has 2 rings (SSSR count). The second-order valence-corrected chi connectivity index (χ2v) is 7.63. The van der Waals surface area contributed by atoms with Gasteiger partial charge in [-0.1, -0.05) is 46.0 Å². The van der Waals surface area contributed by atoms with Gasteiger partial charge in [0.1, 0.15) is 0 Å². The molecular formula is C18H35N. The normalized spacial score (nSPS) is 33.8.